The Labute approximate surface area is 198 Å². The molecule has 3 aromatic rings. The van der Waals surface area contributed by atoms with E-state index in [-0.39, 0.29) is 36.2 Å². The Morgan fingerprint density at radius 3 is 2.74 bits per heavy atom. The first-order valence-corrected chi connectivity index (χ1v) is 10.8. The highest BCUT2D eigenvalue weighted by Gasteiger charge is 2.45. The molecular weight excluding hydrogens is 454 g/mol. The van der Waals surface area contributed by atoms with Crippen LogP contribution < -0.4 is 10.6 Å². The second-order valence-electron chi connectivity index (χ2n) is 8.24. The average Bonchev–Trinajstić information content (AvgIpc) is 3.37. The molecule has 4 heterocycles. The number of piperidine rings is 1. The summed E-state index contributed by atoms with van der Waals surface area (Å²) >= 11 is 0. The van der Waals surface area contributed by atoms with Crippen molar-refractivity contribution in [3.8, 4) is 11.4 Å². The van der Waals surface area contributed by atoms with Gasteiger partial charge in [0.15, 0.2) is 0 Å². The number of aromatic nitrogens is 4. The van der Waals surface area contributed by atoms with Gasteiger partial charge in [0, 0.05) is 12.6 Å². The molecule has 1 fully saturated rings. The molecule has 0 saturated carbocycles. The van der Waals surface area contributed by atoms with E-state index in [9.17, 15) is 24.0 Å². The van der Waals surface area contributed by atoms with Crippen molar-refractivity contribution in [1.29, 1.82) is 0 Å². The largest absolute Gasteiger partial charge is 0.324 e. The average molecular weight is 473 g/mol. The predicted octanol–water partition coefficient (Wildman–Crippen LogP) is 0.688. The number of aryl methyl sites for hydroxylation is 1. The van der Waals surface area contributed by atoms with Crippen LogP contribution in [0.25, 0.3) is 11.4 Å². The molecule has 0 bridgehead atoms. The number of nitrogens with zero attached hydrogens (tertiary/aromatic N) is 5. The van der Waals surface area contributed by atoms with Gasteiger partial charge in [0.05, 0.1) is 28.7 Å². The summed E-state index contributed by atoms with van der Waals surface area (Å²) in [5.41, 5.74) is 2.34. The lowest BCUT2D eigenvalue weighted by atomic mass is 10.0. The Bertz CT molecular complexity index is 1410. The van der Waals surface area contributed by atoms with Crippen molar-refractivity contribution >= 4 is 35.2 Å². The van der Waals surface area contributed by atoms with E-state index in [0.29, 0.717) is 11.4 Å². The quantitative estimate of drug-likeness (QED) is 0.513. The third-order valence-corrected chi connectivity index (χ3v) is 5.76. The molecule has 0 aliphatic carbocycles. The fraction of sp³-hybridized carbons (Fsp3) is 0.217. The molecule has 12 heteroatoms. The number of rotatable bonds is 5. The molecule has 176 valence electrons. The molecule has 2 aliphatic rings. The molecule has 1 aromatic carbocycles. The van der Waals surface area contributed by atoms with Crippen LogP contribution in [-0.2, 0) is 20.9 Å². The number of benzene rings is 1. The molecule has 0 spiro atoms. The zero-order valence-electron chi connectivity index (χ0n) is 18.5. The van der Waals surface area contributed by atoms with E-state index in [1.165, 1.54) is 22.9 Å². The first-order valence-electron chi connectivity index (χ1n) is 10.8. The molecule has 12 nitrogen and oxygen atoms in total. The van der Waals surface area contributed by atoms with E-state index in [1.807, 2.05) is 19.1 Å². The van der Waals surface area contributed by atoms with E-state index in [4.69, 9.17) is 0 Å². The van der Waals surface area contributed by atoms with Gasteiger partial charge in [0.2, 0.25) is 17.7 Å². The molecule has 0 radical (unpaired) electrons. The number of nitrogens with one attached hydrogen (secondary N) is 2. The second kappa shape index (κ2) is 8.56. The van der Waals surface area contributed by atoms with E-state index in [2.05, 4.69) is 25.9 Å². The lowest BCUT2D eigenvalue weighted by molar-refractivity contribution is -0.136. The smallest absolute Gasteiger partial charge is 0.264 e. The van der Waals surface area contributed by atoms with Crippen molar-refractivity contribution in [3.63, 3.8) is 0 Å². The number of hydrogen-bond acceptors (Lipinski definition) is 8. The van der Waals surface area contributed by atoms with Crippen LogP contribution in [0.1, 0.15) is 39.1 Å². The van der Waals surface area contributed by atoms with Crippen LogP contribution in [0, 0.1) is 6.92 Å². The second-order valence-corrected chi connectivity index (χ2v) is 8.24. The molecule has 2 aromatic heterocycles. The minimum absolute atomic E-state index is 0.00112. The van der Waals surface area contributed by atoms with Gasteiger partial charge in [0.25, 0.3) is 11.8 Å². The highest BCUT2D eigenvalue weighted by atomic mass is 16.2. The number of carbonyl (C=O) groups excluding carboxylic acids is 5. The summed E-state index contributed by atoms with van der Waals surface area (Å²) in [6.45, 7) is 1.73. The van der Waals surface area contributed by atoms with Crippen LogP contribution in [0.3, 0.4) is 0 Å². The van der Waals surface area contributed by atoms with Gasteiger partial charge in [-0.05, 0) is 43.2 Å². The van der Waals surface area contributed by atoms with Crippen LogP contribution in [0.2, 0.25) is 0 Å². The molecule has 2 aliphatic heterocycles. The number of amides is 5. The Morgan fingerprint density at radius 2 is 1.97 bits per heavy atom. The minimum Gasteiger partial charge on any atom is -0.324 e. The highest BCUT2D eigenvalue weighted by molar-refractivity contribution is 6.26. The summed E-state index contributed by atoms with van der Waals surface area (Å²) in [7, 11) is 0. The number of pyridine rings is 1. The van der Waals surface area contributed by atoms with Crippen molar-refractivity contribution in [2.24, 2.45) is 0 Å². The fourth-order valence-corrected chi connectivity index (χ4v) is 4.13. The SMILES string of the molecule is Cc1ccnc(-c2cn(CC(=O)Nc3cccc4c3C(=O)N(C3CCC(=O)NC3=O)C4=O)nn2)c1. The summed E-state index contributed by atoms with van der Waals surface area (Å²) < 4.78 is 1.33. The van der Waals surface area contributed by atoms with Crippen molar-refractivity contribution in [3.05, 3.63) is 59.4 Å². The lowest BCUT2D eigenvalue weighted by Crippen LogP contribution is -2.54. The Hall–Kier alpha value is -4.74. The lowest BCUT2D eigenvalue weighted by Gasteiger charge is -2.27. The number of carbonyl (C=O) groups is 5. The summed E-state index contributed by atoms with van der Waals surface area (Å²) in [4.78, 5) is 67.6. The third-order valence-electron chi connectivity index (χ3n) is 5.76. The zero-order chi connectivity index (χ0) is 24.7. The number of imide groups is 2. The van der Waals surface area contributed by atoms with Gasteiger partial charge in [-0.15, -0.1) is 5.10 Å². The van der Waals surface area contributed by atoms with Gasteiger partial charge >= 0.3 is 0 Å². The molecule has 5 rings (SSSR count). The van der Waals surface area contributed by atoms with Gasteiger partial charge in [-0.2, -0.15) is 0 Å². The normalized spacial score (nSPS) is 17.4. The van der Waals surface area contributed by atoms with Gasteiger partial charge < -0.3 is 5.32 Å². The maximum atomic E-state index is 13.1. The van der Waals surface area contributed by atoms with Crippen LogP contribution in [0.5, 0.6) is 0 Å². The van der Waals surface area contributed by atoms with Crippen molar-refractivity contribution in [2.45, 2.75) is 32.4 Å². The highest BCUT2D eigenvalue weighted by Crippen LogP contribution is 2.32. The van der Waals surface area contributed by atoms with Gasteiger partial charge in [-0.3, -0.25) is 39.2 Å². The monoisotopic (exact) mass is 473 g/mol. The van der Waals surface area contributed by atoms with Crippen LogP contribution in [-0.4, -0.2) is 60.5 Å². The van der Waals surface area contributed by atoms with Crippen LogP contribution in [0.15, 0.2) is 42.7 Å². The summed E-state index contributed by atoms with van der Waals surface area (Å²) in [6, 6.07) is 7.10. The Morgan fingerprint density at radius 1 is 1.14 bits per heavy atom. The maximum absolute atomic E-state index is 13.1. The van der Waals surface area contributed by atoms with Crippen molar-refractivity contribution in [1.82, 2.24) is 30.2 Å². The Kier molecular flexibility index (Phi) is 5.40. The number of hydrogen-bond donors (Lipinski definition) is 2. The number of anilines is 1. The summed E-state index contributed by atoms with van der Waals surface area (Å²) in [5.74, 6) is -3.01. The van der Waals surface area contributed by atoms with Crippen LogP contribution >= 0.6 is 0 Å². The zero-order valence-corrected chi connectivity index (χ0v) is 18.5. The maximum Gasteiger partial charge on any atom is 0.264 e. The van der Waals surface area contributed by atoms with Gasteiger partial charge in [-0.1, -0.05) is 11.3 Å². The topological polar surface area (TPSA) is 156 Å². The van der Waals surface area contributed by atoms with Crippen molar-refractivity contribution in [2.75, 3.05) is 5.32 Å². The molecule has 1 unspecified atom stereocenters. The van der Waals surface area contributed by atoms with E-state index in [1.54, 1.807) is 12.4 Å². The molecule has 1 atom stereocenters. The number of fused-ring (bicyclic) bond motifs is 1. The van der Waals surface area contributed by atoms with Gasteiger partial charge in [-0.25, -0.2) is 4.68 Å². The molecule has 5 amide bonds. The Balaban J connectivity index is 1.33. The molecule has 1 saturated heterocycles. The predicted molar refractivity (Wildman–Crippen MR) is 120 cm³/mol. The fourth-order valence-electron chi connectivity index (χ4n) is 4.13. The third kappa shape index (κ3) is 4.05. The summed E-state index contributed by atoms with van der Waals surface area (Å²) in [6.07, 6.45) is 3.30. The van der Waals surface area contributed by atoms with E-state index >= 15 is 0 Å². The summed E-state index contributed by atoms with van der Waals surface area (Å²) in [5, 5.41) is 12.8. The molecule has 35 heavy (non-hydrogen) atoms. The molecule has 2 N–H and O–H groups in total. The van der Waals surface area contributed by atoms with Gasteiger partial charge in [0.1, 0.15) is 18.3 Å². The van der Waals surface area contributed by atoms with E-state index in [0.717, 1.165) is 10.5 Å². The van der Waals surface area contributed by atoms with E-state index < -0.39 is 35.6 Å². The van der Waals surface area contributed by atoms with Crippen LogP contribution in [0.4, 0.5) is 5.69 Å². The first kappa shape index (κ1) is 22.1. The minimum atomic E-state index is -1.09. The first-order chi connectivity index (χ1) is 16.8. The standard InChI is InChI=1S/C23H19N7O5/c1-12-7-8-24-15(9-12)16-10-29(28-27-16)11-19(32)25-14-4-2-3-13-20(14)23(35)30(22(13)34)17-5-6-18(31)26-21(17)33/h2-4,7-10,17H,5-6,11H2,1H3,(H,25,32)(H,26,31,33). The van der Waals surface area contributed by atoms with Crippen molar-refractivity contribution < 1.29 is 24.0 Å². The molecular formula is C23H19N7O5.